The van der Waals surface area contributed by atoms with Crippen molar-refractivity contribution in [1.29, 1.82) is 0 Å². The number of likely N-dealkylation sites (N-methyl/N-ethyl adjacent to an activating group) is 1. The molecule has 0 aliphatic heterocycles. The zero-order valence-electron chi connectivity index (χ0n) is 14.4. The number of nitrogens with one attached hydrogen (secondary N) is 1. The molecule has 2 aromatic carbocycles. The first-order valence-corrected chi connectivity index (χ1v) is 9.12. The summed E-state index contributed by atoms with van der Waals surface area (Å²) in [6.07, 6.45) is -4.33. The summed E-state index contributed by atoms with van der Waals surface area (Å²) in [5.41, 5.74) is 0.0606. The van der Waals surface area contributed by atoms with Crippen LogP contribution in [0.5, 0.6) is 0 Å². The first kappa shape index (κ1) is 20.3. The molecule has 0 heterocycles. The summed E-state index contributed by atoms with van der Waals surface area (Å²) in [5, 5.41) is 2.85. The summed E-state index contributed by atoms with van der Waals surface area (Å²) in [6, 6.07) is 14.9. The number of benzene rings is 2. The average Bonchev–Trinajstić information content (AvgIpc) is 2.59. The Morgan fingerprint density at radius 3 is 2.35 bits per heavy atom. The average molecular weight is 382 g/mol. The molecule has 0 aromatic heterocycles. The van der Waals surface area contributed by atoms with Crippen LogP contribution in [0.2, 0.25) is 0 Å². The largest absolute Gasteiger partial charge is 0.416 e. The molecule has 0 saturated heterocycles. The van der Waals surface area contributed by atoms with Gasteiger partial charge in [0.05, 0.1) is 12.1 Å². The number of hydrogen-bond acceptors (Lipinski definition) is 3. The van der Waals surface area contributed by atoms with Gasteiger partial charge in [-0.05, 0) is 36.9 Å². The molecule has 0 unspecified atom stereocenters. The third-order valence-corrected chi connectivity index (χ3v) is 4.60. The summed E-state index contributed by atoms with van der Waals surface area (Å²) in [7, 11) is 1.76. The smallest absolute Gasteiger partial charge is 0.354 e. The molecule has 0 fully saturated rings. The van der Waals surface area contributed by atoms with Gasteiger partial charge in [0, 0.05) is 23.7 Å². The van der Waals surface area contributed by atoms with Crippen LogP contribution in [0.4, 0.5) is 13.2 Å². The van der Waals surface area contributed by atoms with Gasteiger partial charge in [0.1, 0.15) is 0 Å². The van der Waals surface area contributed by atoms with Crippen LogP contribution >= 0.6 is 11.8 Å². The maximum Gasteiger partial charge on any atom is 0.416 e. The van der Waals surface area contributed by atoms with Gasteiger partial charge in [-0.25, -0.2) is 0 Å². The van der Waals surface area contributed by atoms with Crippen molar-refractivity contribution in [1.82, 2.24) is 10.2 Å². The molecule has 3 nitrogen and oxygen atoms in total. The Hall–Kier alpha value is -1.99. The number of rotatable bonds is 8. The number of hydrogen-bond donors (Lipinski definition) is 1. The molecule has 0 aliphatic carbocycles. The fraction of sp³-hybridized carbons (Fsp3) is 0.316. The Balaban J connectivity index is 1.68. The zero-order chi connectivity index (χ0) is 19.0. The predicted molar refractivity (Wildman–Crippen MR) is 98.0 cm³/mol. The number of thioether (sulfide) groups is 1. The van der Waals surface area contributed by atoms with E-state index in [-0.39, 0.29) is 12.5 Å². The van der Waals surface area contributed by atoms with E-state index >= 15 is 0 Å². The Morgan fingerprint density at radius 2 is 1.73 bits per heavy atom. The Bertz CT molecular complexity index is 690. The summed E-state index contributed by atoms with van der Waals surface area (Å²) in [6.45, 7) is 1.16. The third kappa shape index (κ3) is 7.09. The van der Waals surface area contributed by atoms with Crippen LogP contribution in [-0.2, 0) is 17.5 Å². The van der Waals surface area contributed by atoms with Crippen molar-refractivity contribution in [3.8, 4) is 0 Å². The molecule has 2 rings (SSSR count). The molecular formula is C19H21F3N2OS. The first-order valence-electron chi connectivity index (χ1n) is 8.14. The van der Waals surface area contributed by atoms with E-state index in [1.165, 1.54) is 12.1 Å². The number of carbonyl (C=O) groups is 1. The molecule has 0 spiro atoms. The van der Waals surface area contributed by atoms with E-state index in [0.29, 0.717) is 13.1 Å². The van der Waals surface area contributed by atoms with E-state index in [4.69, 9.17) is 0 Å². The molecule has 2 aromatic rings. The lowest BCUT2D eigenvalue weighted by atomic mass is 10.1. The van der Waals surface area contributed by atoms with E-state index in [1.54, 1.807) is 23.7 Å². The number of halogens is 3. The first-order chi connectivity index (χ1) is 12.3. The van der Waals surface area contributed by atoms with Gasteiger partial charge in [-0.1, -0.05) is 30.3 Å². The molecule has 7 heteroatoms. The van der Waals surface area contributed by atoms with Crippen molar-refractivity contribution >= 4 is 17.7 Å². The van der Waals surface area contributed by atoms with Crippen molar-refractivity contribution in [2.45, 2.75) is 17.6 Å². The van der Waals surface area contributed by atoms with Gasteiger partial charge >= 0.3 is 6.18 Å². The minimum absolute atomic E-state index is 0.104. The van der Waals surface area contributed by atoms with Crippen LogP contribution in [0.25, 0.3) is 0 Å². The summed E-state index contributed by atoms with van der Waals surface area (Å²) in [5.74, 6) is 0.673. The highest BCUT2D eigenvalue weighted by Crippen LogP contribution is 2.29. The highest BCUT2D eigenvalue weighted by atomic mass is 32.2. The predicted octanol–water partition coefficient (Wildman–Crippen LogP) is 4.05. The molecule has 0 bridgehead atoms. The molecule has 0 aliphatic rings. The summed E-state index contributed by atoms with van der Waals surface area (Å²) in [4.78, 5) is 14.8. The van der Waals surface area contributed by atoms with Gasteiger partial charge in [0.15, 0.2) is 0 Å². The third-order valence-electron chi connectivity index (χ3n) is 3.58. The molecular weight excluding hydrogens is 361 g/mol. The topological polar surface area (TPSA) is 32.3 Å². The quantitative estimate of drug-likeness (QED) is 0.552. The van der Waals surface area contributed by atoms with Gasteiger partial charge in [0.25, 0.3) is 0 Å². The normalized spacial score (nSPS) is 11.6. The monoisotopic (exact) mass is 382 g/mol. The van der Waals surface area contributed by atoms with E-state index < -0.39 is 11.7 Å². The molecule has 140 valence electrons. The van der Waals surface area contributed by atoms with Crippen LogP contribution in [0.15, 0.2) is 59.5 Å². The van der Waals surface area contributed by atoms with E-state index in [9.17, 15) is 18.0 Å². The Morgan fingerprint density at radius 1 is 1.08 bits per heavy atom. The van der Waals surface area contributed by atoms with E-state index in [0.717, 1.165) is 28.3 Å². The van der Waals surface area contributed by atoms with Crippen LogP contribution < -0.4 is 5.32 Å². The van der Waals surface area contributed by atoms with Gasteiger partial charge in [-0.15, -0.1) is 11.8 Å². The second-order valence-corrected chi connectivity index (χ2v) is 7.05. The minimum atomic E-state index is -4.33. The molecule has 1 N–H and O–H groups in total. The molecule has 26 heavy (non-hydrogen) atoms. The lowest BCUT2D eigenvalue weighted by Gasteiger charge is -2.17. The summed E-state index contributed by atoms with van der Waals surface area (Å²) >= 11 is 1.67. The van der Waals surface area contributed by atoms with Crippen LogP contribution in [0.3, 0.4) is 0 Å². The van der Waals surface area contributed by atoms with Gasteiger partial charge in [0.2, 0.25) is 5.91 Å². The number of nitrogens with zero attached hydrogens (tertiary/aromatic N) is 1. The Kier molecular flexibility index (Phi) is 7.53. The Labute approximate surface area is 155 Å². The van der Waals surface area contributed by atoms with Gasteiger partial charge < -0.3 is 5.32 Å². The highest BCUT2D eigenvalue weighted by molar-refractivity contribution is 7.99. The lowest BCUT2D eigenvalue weighted by Crippen LogP contribution is -2.35. The molecule has 0 radical (unpaired) electrons. The van der Waals surface area contributed by atoms with Crippen molar-refractivity contribution in [2.75, 3.05) is 25.9 Å². The highest BCUT2D eigenvalue weighted by Gasteiger charge is 2.29. The van der Waals surface area contributed by atoms with Crippen molar-refractivity contribution in [3.05, 3.63) is 65.7 Å². The zero-order valence-corrected chi connectivity index (χ0v) is 15.2. The number of alkyl halides is 3. The van der Waals surface area contributed by atoms with Crippen LogP contribution in [-0.4, -0.2) is 36.7 Å². The SMILES string of the molecule is CN(CC(=O)NCCSc1ccccc1)Cc1ccc(C(F)(F)F)cc1. The maximum atomic E-state index is 12.5. The van der Waals surface area contributed by atoms with Crippen molar-refractivity contribution < 1.29 is 18.0 Å². The lowest BCUT2D eigenvalue weighted by molar-refractivity contribution is -0.137. The van der Waals surface area contributed by atoms with E-state index in [2.05, 4.69) is 5.32 Å². The minimum Gasteiger partial charge on any atom is -0.354 e. The van der Waals surface area contributed by atoms with Gasteiger partial charge in [-0.2, -0.15) is 13.2 Å². The summed E-state index contributed by atoms with van der Waals surface area (Å²) < 4.78 is 37.6. The fourth-order valence-electron chi connectivity index (χ4n) is 2.34. The molecule has 0 atom stereocenters. The molecule has 0 saturated carbocycles. The van der Waals surface area contributed by atoms with Gasteiger partial charge in [-0.3, -0.25) is 9.69 Å². The van der Waals surface area contributed by atoms with E-state index in [1.807, 2.05) is 30.3 Å². The maximum absolute atomic E-state index is 12.5. The fourth-order valence-corrected chi connectivity index (χ4v) is 3.13. The van der Waals surface area contributed by atoms with Crippen molar-refractivity contribution in [3.63, 3.8) is 0 Å². The standard InChI is InChI=1S/C19H21F3N2OS/c1-24(13-15-7-9-16(10-8-15)19(20,21)22)14-18(25)23-11-12-26-17-5-3-2-4-6-17/h2-10H,11-14H2,1H3,(H,23,25). The second-order valence-electron chi connectivity index (χ2n) is 5.88. The number of carbonyl (C=O) groups excluding carboxylic acids is 1. The van der Waals surface area contributed by atoms with Crippen LogP contribution in [0, 0.1) is 0 Å². The second kappa shape index (κ2) is 9.64. The van der Waals surface area contributed by atoms with Crippen LogP contribution in [0.1, 0.15) is 11.1 Å². The number of amides is 1. The molecule has 1 amide bonds. The van der Waals surface area contributed by atoms with Crippen molar-refractivity contribution in [2.24, 2.45) is 0 Å².